The van der Waals surface area contributed by atoms with Crippen molar-refractivity contribution in [3.8, 4) is 22.3 Å². The number of primary sulfonamides is 1. The van der Waals surface area contributed by atoms with Crippen LogP contribution in [0.3, 0.4) is 0 Å². The molecule has 360 valence electrons. The molecule has 0 fully saturated rings. The fraction of sp³-hybridized carbons (Fsp3) is 0.0625. The Morgan fingerprint density at radius 1 is 0.614 bits per heavy atom. The number of anilines is 3. The maximum Gasteiger partial charge on any atom is 0.263 e. The van der Waals surface area contributed by atoms with E-state index in [4.69, 9.17) is 28.3 Å². The van der Waals surface area contributed by atoms with Crippen LogP contribution in [-0.4, -0.2) is 51.6 Å². The molecular formula is C48H40Cl2F2N8O7S3. The molecular weight excluding hydrogens is 1010 g/mol. The first-order valence-electron chi connectivity index (χ1n) is 20.6. The standard InChI is InChI=1S/C21H16ClFN4O3S.C21H17ClFN3O2S.C6H7NO2S/c1-12(28)24-14-7-9-15(10-8-14)31(29,30)27-21-17-11-16(13-5-3-2-4-6-13)18(22)19(23)20(17)25-26-21;1-13-7-9-14(10-8-13)12-29(27,28)26-21-17-11-16(15-5-3-2-4-6-15)18(22)19(23)20(17)24-25-21;7-10(8,9)6-4-2-1-3-5-6/h2-11H,1H3,(H,24,28)(H2,25,26,27);2-11H,12H2,1H3,(H2,24,25,26);1-5H,(H2,7,8,9). The molecule has 1 amide bonds. The van der Waals surface area contributed by atoms with Crippen LogP contribution in [0.25, 0.3) is 44.1 Å². The van der Waals surface area contributed by atoms with Crippen LogP contribution in [0.1, 0.15) is 18.1 Å². The van der Waals surface area contributed by atoms with Crippen molar-refractivity contribution in [3.63, 3.8) is 0 Å². The number of carbonyl (C=O) groups is 1. The highest BCUT2D eigenvalue weighted by Crippen LogP contribution is 2.39. The Morgan fingerprint density at radius 3 is 1.49 bits per heavy atom. The summed E-state index contributed by atoms with van der Waals surface area (Å²) in [6.45, 7) is 3.28. The number of fused-ring (bicyclic) bond motifs is 2. The summed E-state index contributed by atoms with van der Waals surface area (Å²) in [5.74, 6) is -1.93. The zero-order valence-electron chi connectivity index (χ0n) is 36.7. The maximum atomic E-state index is 14.8. The SMILES string of the molecule is CC(=O)Nc1ccc(S(=O)(=O)Nc2n[nH]c3c(F)c(Cl)c(-c4ccccc4)cc23)cc1.Cc1ccc(CS(=O)(=O)Nc2n[nH]c3c(F)c(Cl)c(-c4ccccc4)cc23)cc1.NS(=O)(=O)c1ccccc1. The number of aryl methyl sites for hydroxylation is 1. The zero-order valence-corrected chi connectivity index (χ0v) is 40.7. The molecule has 70 heavy (non-hydrogen) atoms. The minimum Gasteiger partial charge on any atom is -0.326 e. The van der Waals surface area contributed by atoms with Gasteiger partial charge in [0.15, 0.2) is 23.3 Å². The lowest BCUT2D eigenvalue weighted by Gasteiger charge is -2.09. The van der Waals surface area contributed by atoms with Gasteiger partial charge in [0.25, 0.3) is 10.0 Å². The first kappa shape index (κ1) is 50.7. The molecule has 0 aliphatic carbocycles. The smallest absolute Gasteiger partial charge is 0.263 e. The van der Waals surface area contributed by atoms with Crippen molar-refractivity contribution >= 4 is 98.3 Å². The summed E-state index contributed by atoms with van der Waals surface area (Å²) in [7, 11) is -11.3. The third kappa shape index (κ3) is 12.1. The molecule has 22 heteroatoms. The van der Waals surface area contributed by atoms with Gasteiger partial charge in [-0.2, -0.15) is 10.2 Å². The third-order valence-electron chi connectivity index (χ3n) is 10.2. The van der Waals surface area contributed by atoms with E-state index in [-0.39, 0.29) is 59.6 Å². The highest BCUT2D eigenvalue weighted by atomic mass is 35.5. The monoisotopic (exact) mass is 1040 g/mol. The van der Waals surface area contributed by atoms with Gasteiger partial charge in [-0.15, -0.1) is 0 Å². The molecule has 0 spiro atoms. The molecule has 0 unspecified atom stereocenters. The Hall–Kier alpha value is -7.20. The van der Waals surface area contributed by atoms with Crippen molar-refractivity contribution in [1.29, 1.82) is 0 Å². The molecule has 2 aromatic heterocycles. The highest BCUT2D eigenvalue weighted by Gasteiger charge is 2.23. The lowest BCUT2D eigenvalue weighted by Crippen LogP contribution is -2.15. The molecule has 0 saturated carbocycles. The molecule has 9 rings (SSSR count). The lowest BCUT2D eigenvalue weighted by atomic mass is 10.0. The van der Waals surface area contributed by atoms with Gasteiger partial charge in [0.05, 0.1) is 25.6 Å². The number of hydrogen-bond acceptors (Lipinski definition) is 9. The lowest BCUT2D eigenvalue weighted by molar-refractivity contribution is -0.114. The van der Waals surface area contributed by atoms with E-state index in [1.54, 1.807) is 78.9 Å². The second-order valence-electron chi connectivity index (χ2n) is 15.3. The van der Waals surface area contributed by atoms with Crippen molar-refractivity contribution in [3.05, 3.63) is 184 Å². The number of sulfonamides is 3. The minimum atomic E-state index is -4.02. The number of aromatic amines is 2. The van der Waals surface area contributed by atoms with Gasteiger partial charge >= 0.3 is 0 Å². The summed E-state index contributed by atoms with van der Waals surface area (Å²) in [5, 5.41) is 20.7. The van der Waals surface area contributed by atoms with Crippen LogP contribution in [0.15, 0.2) is 161 Å². The molecule has 0 aliphatic rings. The van der Waals surface area contributed by atoms with Gasteiger partial charge in [-0.1, -0.05) is 132 Å². The molecule has 0 radical (unpaired) electrons. The van der Waals surface area contributed by atoms with Gasteiger partial charge in [-0.3, -0.25) is 24.4 Å². The Morgan fingerprint density at radius 2 is 1.06 bits per heavy atom. The summed E-state index contributed by atoms with van der Waals surface area (Å²) in [6.07, 6.45) is 0. The molecule has 0 atom stereocenters. The molecule has 7 N–H and O–H groups in total. The van der Waals surface area contributed by atoms with Gasteiger partial charge < -0.3 is 5.32 Å². The van der Waals surface area contributed by atoms with Crippen LogP contribution < -0.4 is 19.9 Å². The summed E-state index contributed by atoms with van der Waals surface area (Å²) in [6, 6.07) is 41.9. The minimum absolute atomic E-state index is 0.0108. The predicted molar refractivity (Wildman–Crippen MR) is 270 cm³/mol. The average Bonchev–Trinajstić information content (AvgIpc) is 3.93. The van der Waals surface area contributed by atoms with Gasteiger partial charge in [0.2, 0.25) is 26.0 Å². The molecule has 7 aromatic carbocycles. The summed E-state index contributed by atoms with van der Waals surface area (Å²) in [5.41, 5.74) is 4.43. The Labute approximate surface area is 411 Å². The van der Waals surface area contributed by atoms with E-state index in [1.807, 2.05) is 43.3 Å². The number of amides is 1. The summed E-state index contributed by atoms with van der Waals surface area (Å²) >= 11 is 12.4. The number of aromatic nitrogens is 4. The third-order valence-corrected chi connectivity index (χ3v) is 14.4. The summed E-state index contributed by atoms with van der Waals surface area (Å²) < 4.78 is 107. The van der Waals surface area contributed by atoms with Crippen molar-refractivity contribution in [1.82, 2.24) is 20.4 Å². The number of nitrogens with one attached hydrogen (secondary N) is 5. The first-order chi connectivity index (χ1) is 33.2. The fourth-order valence-corrected chi connectivity index (χ4v) is 10.0. The molecule has 0 bridgehead atoms. The zero-order chi connectivity index (χ0) is 50.4. The van der Waals surface area contributed by atoms with Crippen molar-refractivity contribution in [2.45, 2.75) is 29.4 Å². The number of hydrogen-bond donors (Lipinski definition) is 6. The molecule has 0 aliphatic heterocycles. The van der Waals surface area contributed by atoms with Gasteiger partial charge in [-0.25, -0.2) is 39.2 Å². The second-order valence-corrected chi connectivity index (χ2v) is 21.1. The highest BCUT2D eigenvalue weighted by molar-refractivity contribution is 7.92. The fourth-order valence-electron chi connectivity index (χ4n) is 6.80. The molecule has 2 heterocycles. The number of nitrogens with two attached hydrogens (primary N) is 1. The van der Waals surface area contributed by atoms with E-state index >= 15 is 0 Å². The summed E-state index contributed by atoms with van der Waals surface area (Å²) in [4.78, 5) is 11.2. The van der Waals surface area contributed by atoms with E-state index in [0.29, 0.717) is 38.9 Å². The maximum absolute atomic E-state index is 14.8. The van der Waals surface area contributed by atoms with Gasteiger partial charge in [0.1, 0.15) is 11.0 Å². The quantitative estimate of drug-likeness (QED) is 0.0721. The van der Waals surface area contributed by atoms with Crippen molar-refractivity contribution in [2.75, 3.05) is 14.8 Å². The van der Waals surface area contributed by atoms with Crippen LogP contribution in [0.5, 0.6) is 0 Å². The largest absolute Gasteiger partial charge is 0.326 e. The van der Waals surface area contributed by atoms with E-state index in [0.717, 1.165) is 5.56 Å². The Balaban J connectivity index is 0.000000173. The number of halogens is 4. The van der Waals surface area contributed by atoms with E-state index in [9.17, 15) is 38.8 Å². The number of H-pyrrole nitrogens is 2. The first-order valence-corrected chi connectivity index (χ1v) is 26.0. The van der Waals surface area contributed by atoms with Gasteiger partial charge in [-0.05, 0) is 72.1 Å². The number of benzene rings is 7. The Kier molecular flexibility index (Phi) is 15.3. The average molecular weight is 1050 g/mol. The van der Waals surface area contributed by atoms with E-state index in [1.165, 1.54) is 43.3 Å². The van der Waals surface area contributed by atoms with Crippen molar-refractivity contribution in [2.24, 2.45) is 5.14 Å². The molecule has 15 nitrogen and oxygen atoms in total. The predicted octanol–water partition coefficient (Wildman–Crippen LogP) is 10.4. The van der Waals surface area contributed by atoms with Crippen LogP contribution in [0.2, 0.25) is 10.0 Å². The van der Waals surface area contributed by atoms with Crippen LogP contribution in [-0.2, 0) is 40.6 Å². The molecule has 0 saturated heterocycles. The van der Waals surface area contributed by atoms with Crippen LogP contribution >= 0.6 is 23.2 Å². The van der Waals surface area contributed by atoms with Crippen LogP contribution in [0.4, 0.5) is 26.1 Å². The Bertz CT molecular complexity index is 3690. The topological polar surface area (TPSA) is 239 Å². The van der Waals surface area contributed by atoms with Crippen LogP contribution in [0, 0.1) is 18.6 Å². The second kappa shape index (κ2) is 21.2. The number of nitrogens with zero attached hydrogens (tertiary/aromatic N) is 2. The van der Waals surface area contributed by atoms with Crippen molar-refractivity contribution < 1.29 is 38.8 Å². The van der Waals surface area contributed by atoms with Gasteiger partial charge in [0, 0.05) is 34.5 Å². The number of rotatable bonds is 11. The number of carbonyl (C=O) groups excluding carboxylic acids is 1. The van der Waals surface area contributed by atoms with E-state index in [2.05, 4.69) is 35.2 Å². The molecule has 9 aromatic rings. The van der Waals surface area contributed by atoms with E-state index < -0.39 is 41.7 Å². The normalized spacial score (nSPS) is 11.5.